The summed E-state index contributed by atoms with van der Waals surface area (Å²) < 4.78 is 8.05. The number of H-pyrrole nitrogens is 1. The Morgan fingerprint density at radius 2 is 1.80 bits per heavy atom. The van der Waals surface area contributed by atoms with Gasteiger partial charge < -0.3 is 24.7 Å². The van der Waals surface area contributed by atoms with Gasteiger partial charge in [0.1, 0.15) is 17.0 Å². The Balaban J connectivity index is 1.59. The Morgan fingerprint density at radius 3 is 2.46 bits per heavy atom. The molecule has 214 valence electrons. The second kappa shape index (κ2) is 10.5. The SMILES string of the molecule is CCNC(=O)c1cc2c(-c3cc(C(O)(C4CCCC4)C4CC4)cnc3Oc3c(C)cccc3C)cn(C)c(=O)c2[nH]1. The number of benzene rings is 1. The minimum atomic E-state index is -0.959. The lowest BCUT2D eigenvalue weighted by atomic mass is 9.76. The summed E-state index contributed by atoms with van der Waals surface area (Å²) >= 11 is 0. The number of aromatic nitrogens is 3. The summed E-state index contributed by atoms with van der Waals surface area (Å²) in [5, 5.41) is 15.7. The Morgan fingerprint density at radius 1 is 1.12 bits per heavy atom. The first-order chi connectivity index (χ1) is 19.7. The number of nitrogens with one attached hydrogen (secondary N) is 2. The van der Waals surface area contributed by atoms with E-state index < -0.39 is 5.60 Å². The third-order valence-electron chi connectivity index (χ3n) is 8.94. The number of ether oxygens (including phenoxy) is 1. The number of nitrogens with zero attached hydrogens (tertiary/aromatic N) is 2. The van der Waals surface area contributed by atoms with Gasteiger partial charge in [0.05, 0.1) is 5.60 Å². The van der Waals surface area contributed by atoms with Crippen LogP contribution in [-0.2, 0) is 12.6 Å². The highest BCUT2D eigenvalue weighted by Crippen LogP contribution is 2.55. The molecule has 0 saturated heterocycles. The molecule has 8 heteroatoms. The average Bonchev–Trinajstić information content (AvgIpc) is 3.48. The highest BCUT2D eigenvalue weighted by Gasteiger charge is 2.51. The van der Waals surface area contributed by atoms with E-state index in [9.17, 15) is 14.7 Å². The molecule has 2 fully saturated rings. The number of hydrogen-bond donors (Lipinski definition) is 3. The van der Waals surface area contributed by atoms with Crippen molar-refractivity contribution < 1.29 is 14.6 Å². The van der Waals surface area contributed by atoms with E-state index in [1.807, 2.05) is 45.0 Å². The van der Waals surface area contributed by atoms with Crippen molar-refractivity contribution in [2.45, 2.75) is 64.9 Å². The minimum Gasteiger partial charge on any atom is -0.438 e. The number of aromatic amines is 1. The quantitative estimate of drug-likeness (QED) is 0.252. The van der Waals surface area contributed by atoms with Crippen molar-refractivity contribution in [2.24, 2.45) is 18.9 Å². The van der Waals surface area contributed by atoms with Crippen LogP contribution in [0.1, 0.15) is 72.6 Å². The molecule has 1 unspecified atom stereocenters. The van der Waals surface area contributed by atoms with Gasteiger partial charge in [-0.3, -0.25) is 9.59 Å². The largest absolute Gasteiger partial charge is 0.438 e. The fourth-order valence-corrected chi connectivity index (χ4v) is 6.62. The molecule has 2 aliphatic carbocycles. The van der Waals surface area contributed by atoms with Crippen molar-refractivity contribution in [1.29, 1.82) is 0 Å². The van der Waals surface area contributed by atoms with Crippen LogP contribution in [0.25, 0.3) is 22.0 Å². The van der Waals surface area contributed by atoms with Crippen LogP contribution in [0.5, 0.6) is 11.6 Å². The van der Waals surface area contributed by atoms with Crippen LogP contribution in [0.4, 0.5) is 0 Å². The van der Waals surface area contributed by atoms with Crippen molar-refractivity contribution in [3.05, 3.63) is 75.5 Å². The van der Waals surface area contributed by atoms with E-state index in [0.29, 0.717) is 40.1 Å². The van der Waals surface area contributed by atoms with Gasteiger partial charge in [0.25, 0.3) is 11.5 Å². The fraction of sp³-hybridized carbons (Fsp3) is 0.424. The standard InChI is InChI=1S/C33H38N4O4/c1-5-34-30(38)27-16-24-26(18-37(4)32(39)28(24)36-27)25-15-23(33(40,22-13-14-22)21-11-6-7-12-21)17-35-31(25)41-29-19(2)9-8-10-20(29)3/h8-10,15-18,21-22,36,40H,5-7,11-14H2,1-4H3,(H,34,38). The molecule has 3 aromatic heterocycles. The topological polar surface area (TPSA) is 109 Å². The summed E-state index contributed by atoms with van der Waals surface area (Å²) in [6, 6.07) is 9.71. The minimum absolute atomic E-state index is 0.187. The lowest BCUT2D eigenvalue weighted by Gasteiger charge is -2.35. The van der Waals surface area contributed by atoms with Gasteiger partial charge in [0.2, 0.25) is 5.88 Å². The first-order valence-corrected chi connectivity index (χ1v) is 14.7. The van der Waals surface area contributed by atoms with Crippen LogP contribution in [0.15, 0.2) is 47.5 Å². The number of carbonyl (C=O) groups excluding carboxylic acids is 1. The maximum absolute atomic E-state index is 13.2. The maximum Gasteiger partial charge on any atom is 0.274 e. The predicted octanol–water partition coefficient (Wildman–Crippen LogP) is 5.88. The number of aryl methyl sites for hydroxylation is 3. The number of pyridine rings is 2. The summed E-state index contributed by atoms with van der Waals surface area (Å²) in [6.45, 7) is 6.32. The average molecular weight is 555 g/mol. The first-order valence-electron chi connectivity index (χ1n) is 14.7. The van der Waals surface area contributed by atoms with Gasteiger partial charge in [0.15, 0.2) is 0 Å². The molecule has 4 aromatic rings. The predicted molar refractivity (Wildman–Crippen MR) is 159 cm³/mol. The molecule has 3 N–H and O–H groups in total. The van der Waals surface area contributed by atoms with Gasteiger partial charge in [-0.15, -0.1) is 0 Å². The maximum atomic E-state index is 13.2. The number of rotatable bonds is 8. The van der Waals surface area contributed by atoms with Crippen LogP contribution >= 0.6 is 0 Å². The van der Waals surface area contributed by atoms with Crippen LogP contribution in [0.3, 0.4) is 0 Å². The van der Waals surface area contributed by atoms with Crippen LogP contribution in [0.2, 0.25) is 0 Å². The van der Waals surface area contributed by atoms with E-state index in [1.54, 1.807) is 25.5 Å². The summed E-state index contributed by atoms with van der Waals surface area (Å²) in [7, 11) is 1.69. The number of para-hydroxylation sites is 1. The summed E-state index contributed by atoms with van der Waals surface area (Å²) in [4.78, 5) is 33.8. The van der Waals surface area contributed by atoms with Crippen molar-refractivity contribution in [2.75, 3.05) is 6.54 Å². The molecule has 0 spiro atoms. The van der Waals surface area contributed by atoms with Crippen molar-refractivity contribution in [3.63, 3.8) is 0 Å². The van der Waals surface area contributed by atoms with Crippen molar-refractivity contribution in [3.8, 4) is 22.8 Å². The molecule has 1 amide bonds. The molecule has 41 heavy (non-hydrogen) atoms. The Kier molecular flexibility index (Phi) is 6.98. The summed E-state index contributed by atoms with van der Waals surface area (Å²) in [5.74, 6) is 1.23. The normalized spacial score (nSPS) is 17.1. The lowest BCUT2D eigenvalue weighted by Crippen LogP contribution is -2.36. The lowest BCUT2D eigenvalue weighted by molar-refractivity contribution is -0.0436. The van der Waals surface area contributed by atoms with Gasteiger partial charge in [-0.05, 0) is 81.5 Å². The second-order valence-corrected chi connectivity index (χ2v) is 11.8. The molecule has 3 heterocycles. The zero-order valence-corrected chi connectivity index (χ0v) is 24.2. The highest BCUT2D eigenvalue weighted by molar-refractivity contribution is 6.03. The molecule has 6 rings (SSSR count). The van der Waals surface area contributed by atoms with Gasteiger partial charge in [0, 0.05) is 48.1 Å². The molecular formula is C33H38N4O4. The zero-order valence-electron chi connectivity index (χ0n) is 24.2. The van der Waals surface area contributed by atoms with E-state index in [1.165, 1.54) is 4.57 Å². The third-order valence-corrected chi connectivity index (χ3v) is 8.94. The van der Waals surface area contributed by atoms with Gasteiger partial charge in [-0.25, -0.2) is 4.98 Å². The molecule has 1 atom stereocenters. The zero-order chi connectivity index (χ0) is 28.9. The van der Waals surface area contributed by atoms with E-state index in [0.717, 1.165) is 61.0 Å². The van der Waals surface area contributed by atoms with Crippen LogP contribution < -0.4 is 15.6 Å². The molecule has 2 saturated carbocycles. The van der Waals surface area contributed by atoms with Gasteiger partial charge >= 0.3 is 0 Å². The molecule has 0 aliphatic heterocycles. The van der Waals surface area contributed by atoms with Gasteiger partial charge in [-0.2, -0.15) is 0 Å². The summed E-state index contributed by atoms with van der Waals surface area (Å²) in [6.07, 6.45) is 9.80. The fourth-order valence-electron chi connectivity index (χ4n) is 6.62. The molecule has 0 bridgehead atoms. The van der Waals surface area contributed by atoms with Crippen molar-refractivity contribution >= 4 is 16.8 Å². The number of carbonyl (C=O) groups is 1. The second-order valence-electron chi connectivity index (χ2n) is 11.8. The number of aliphatic hydroxyl groups is 1. The smallest absolute Gasteiger partial charge is 0.274 e. The van der Waals surface area contributed by atoms with Crippen LogP contribution in [0, 0.1) is 25.7 Å². The van der Waals surface area contributed by atoms with E-state index in [2.05, 4.69) is 10.3 Å². The molecule has 1 aromatic carbocycles. The molecule has 0 radical (unpaired) electrons. The molecule has 8 nitrogen and oxygen atoms in total. The Hall–Kier alpha value is -3.91. The highest BCUT2D eigenvalue weighted by atomic mass is 16.5. The molecular weight excluding hydrogens is 516 g/mol. The Labute approximate surface area is 239 Å². The first kappa shape index (κ1) is 27.3. The number of fused-ring (bicyclic) bond motifs is 1. The molecule has 2 aliphatic rings. The van der Waals surface area contributed by atoms with Crippen molar-refractivity contribution in [1.82, 2.24) is 19.9 Å². The van der Waals surface area contributed by atoms with Crippen LogP contribution in [-0.4, -0.2) is 32.1 Å². The Bertz CT molecular complexity index is 1670. The number of hydrogen-bond acceptors (Lipinski definition) is 5. The van der Waals surface area contributed by atoms with E-state index in [-0.39, 0.29) is 23.3 Å². The number of amides is 1. The van der Waals surface area contributed by atoms with Gasteiger partial charge in [-0.1, -0.05) is 31.0 Å². The summed E-state index contributed by atoms with van der Waals surface area (Å²) in [5.41, 5.74) is 3.58. The van der Waals surface area contributed by atoms with E-state index in [4.69, 9.17) is 9.72 Å². The monoisotopic (exact) mass is 554 g/mol. The van der Waals surface area contributed by atoms with E-state index >= 15 is 0 Å². The third kappa shape index (κ3) is 4.74.